The van der Waals surface area contributed by atoms with Crippen molar-refractivity contribution >= 4 is 29.1 Å². The van der Waals surface area contributed by atoms with Crippen LogP contribution < -0.4 is 5.73 Å². The van der Waals surface area contributed by atoms with Crippen LogP contribution in [0.15, 0.2) is 23.1 Å². The average Bonchev–Trinajstić information content (AvgIpc) is 2.65. The van der Waals surface area contributed by atoms with Gasteiger partial charge in [-0.05, 0) is 32.0 Å². The lowest BCUT2D eigenvalue weighted by molar-refractivity contribution is 0.602. The first-order valence-corrected chi connectivity index (χ1v) is 7.29. The molecule has 0 aliphatic rings. The first-order chi connectivity index (χ1) is 9.02. The molecule has 3 nitrogen and oxygen atoms in total. The van der Waals surface area contributed by atoms with Crippen molar-refractivity contribution in [2.24, 2.45) is 0 Å². The van der Waals surface area contributed by atoms with E-state index in [-0.39, 0.29) is 5.82 Å². The number of halogens is 2. The lowest BCUT2D eigenvalue weighted by Crippen LogP contribution is -2.01. The van der Waals surface area contributed by atoms with Gasteiger partial charge in [0, 0.05) is 22.9 Å². The van der Waals surface area contributed by atoms with Gasteiger partial charge in [0.1, 0.15) is 5.82 Å². The van der Waals surface area contributed by atoms with Gasteiger partial charge in [-0.3, -0.25) is 4.68 Å². The molecule has 6 heteroatoms. The van der Waals surface area contributed by atoms with Crippen molar-refractivity contribution in [1.29, 1.82) is 0 Å². The Morgan fingerprint density at radius 3 is 2.84 bits per heavy atom. The number of nitrogens with zero attached hydrogens (tertiary/aromatic N) is 2. The number of hydrogen-bond acceptors (Lipinski definition) is 3. The Labute approximate surface area is 120 Å². The van der Waals surface area contributed by atoms with Gasteiger partial charge in [-0.1, -0.05) is 11.6 Å². The van der Waals surface area contributed by atoms with Crippen molar-refractivity contribution in [3.63, 3.8) is 0 Å². The van der Waals surface area contributed by atoms with E-state index in [9.17, 15) is 4.39 Å². The molecular weight excluding hydrogens is 285 g/mol. The Bertz CT molecular complexity index is 598. The Kier molecular flexibility index (Phi) is 4.37. The predicted octanol–water partition coefficient (Wildman–Crippen LogP) is 3.88. The van der Waals surface area contributed by atoms with Gasteiger partial charge in [0.05, 0.1) is 16.4 Å². The normalized spacial score (nSPS) is 10.9. The first kappa shape index (κ1) is 14.2. The van der Waals surface area contributed by atoms with Crippen LogP contribution in [0.25, 0.3) is 0 Å². The van der Waals surface area contributed by atoms with E-state index in [1.807, 2.05) is 18.5 Å². The molecule has 102 valence electrons. The lowest BCUT2D eigenvalue weighted by atomic mass is 10.3. The minimum atomic E-state index is -0.305. The van der Waals surface area contributed by atoms with Crippen molar-refractivity contribution in [1.82, 2.24) is 9.78 Å². The van der Waals surface area contributed by atoms with Gasteiger partial charge in [-0.2, -0.15) is 5.10 Å². The number of aromatic nitrogens is 2. The van der Waals surface area contributed by atoms with Crippen molar-refractivity contribution in [2.45, 2.75) is 31.0 Å². The summed E-state index contributed by atoms with van der Waals surface area (Å²) >= 11 is 7.60. The Morgan fingerprint density at radius 2 is 2.21 bits per heavy atom. The molecule has 2 rings (SSSR count). The average molecular weight is 300 g/mol. The zero-order valence-corrected chi connectivity index (χ0v) is 12.4. The molecule has 0 saturated carbocycles. The van der Waals surface area contributed by atoms with Gasteiger partial charge in [0.25, 0.3) is 0 Å². The molecule has 0 radical (unpaired) electrons. The van der Waals surface area contributed by atoms with Crippen LogP contribution in [-0.2, 0) is 12.3 Å². The van der Waals surface area contributed by atoms with E-state index < -0.39 is 0 Å². The number of anilines is 1. The molecule has 0 amide bonds. The molecule has 0 aliphatic carbocycles. The van der Waals surface area contributed by atoms with Crippen LogP contribution in [0.3, 0.4) is 0 Å². The molecule has 0 fully saturated rings. The van der Waals surface area contributed by atoms with Gasteiger partial charge in [0.2, 0.25) is 0 Å². The van der Waals surface area contributed by atoms with Crippen LogP contribution in [0.1, 0.15) is 18.3 Å². The highest BCUT2D eigenvalue weighted by atomic mass is 35.5. The molecule has 0 bridgehead atoms. The highest BCUT2D eigenvalue weighted by molar-refractivity contribution is 7.98. The summed E-state index contributed by atoms with van der Waals surface area (Å²) in [5.74, 6) is 0.273. The maximum atomic E-state index is 13.7. The third-order valence-electron chi connectivity index (χ3n) is 2.77. The fraction of sp³-hybridized carbons (Fsp3) is 0.308. The number of nitrogens with two attached hydrogens (primary N) is 1. The summed E-state index contributed by atoms with van der Waals surface area (Å²) in [7, 11) is 0. The van der Waals surface area contributed by atoms with Gasteiger partial charge >= 0.3 is 0 Å². The number of rotatable bonds is 4. The number of benzene rings is 1. The smallest absolute Gasteiger partial charge is 0.138 e. The summed E-state index contributed by atoms with van der Waals surface area (Å²) in [5, 5.41) is 4.99. The number of aryl methyl sites for hydroxylation is 2. The SMILES string of the molecule is CCn1nc(C)c(Cl)c1CSc1ccc(N)cc1F. The van der Waals surface area contributed by atoms with Crippen molar-refractivity contribution in [3.8, 4) is 0 Å². The third kappa shape index (κ3) is 3.04. The topological polar surface area (TPSA) is 43.8 Å². The van der Waals surface area contributed by atoms with E-state index in [0.717, 1.165) is 17.9 Å². The molecule has 19 heavy (non-hydrogen) atoms. The van der Waals surface area contributed by atoms with Crippen LogP contribution in [0.4, 0.5) is 10.1 Å². The van der Waals surface area contributed by atoms with E-state index in [1.165, 1.54) is 17.8 Å². The first-order valence-electron chi connectivity index (χ1n) is 5.92. The Balaban J connectivity index is 2.18. The molecule has 2 aromatic rings. The summed E-state index contributed by atoms with van der Waals surface area (Å²) in [6, 6.07) is 4.70. The standard InChI is InChI=1S/C13H15ClFN3S/c1-3-18-11(13(14)8(2)17-18)7-19-12-5-4-9(16)6-10(12)15/h4-6H,3,7,16H2,1-2H3. The monoisotopic (exact) mass is 299 g/mol. The fourth-order valence-corrected chi connectivity index (χ4v) is 3.02. The minimum Gasteiger partial charge on any atom is -0.399 e. The maximum absolute atomic E-state index is 13.7. The Hall–Kier alpha value is -1.20. The second-order valence-corrected chi connectivity index (χ2v) is 5.54. The molecule has 0 saturated heterocycles. The Morgan fingerprint density at radius 1 is 1.47 bits per heavy atom. The molecule has 1 heterocycles. The van der Waals surface area contributed by atoms with Crippen molar-refractivity contribution in [2.75, 3.05) is 5.73 Å². The summed E-state index contributed by atoms with van der Waals surface area (Å²) in [5.41, 5.74) is 7.67. The number of thioether (sulfide) groups is 1. The highest BCUT2D eigenvalue weighted by Crippen LogP contribution is 2.30. The molecule has 0 spiro atoms. The molecule has 0 aliphatic heterocycles. The van der Waals surface area contributed by atoms with E-state index in [0.29, 0.717) is 21.4 Å². The van der Waals surface area contributed by atoms with Gasteiger partial charge < -0.3 is 5.73 Å². The molecule has 1 aromatic carbocycles. The number of hydrogen-bond donors (Lipinski definition) is 1. The van der Waals surface area contributed by atoms with Crippen LogP contribution in [0.2, 0.25) is 5.02 Å². The zero-order chi connectivity index (χ0) is 14.0. The maximum Gasteiger partial charge on any atom is 0.138 e. The molecule has 0 unspecified atom stereocenters. The quantitative estimate of drug-likeness (QED) is 0.688. The highest BCUT2D eigenvalue weighted by Gasteiger charge is 2.13. The van der Waals surface area contributed by atoms with E-state index in [1.54, 1.807) is 12.1 Å². The summed E-state index contributed by atoms with van der Waals surface area (Å²) in [6.45, 7) is 4.61. The fourth-order valence-electron chi connectivity index (χ4n) is 1.79. The number of nitrogen functional groups attached to an aromatic ring is 1. The predicted molar refractivity (Wildman–Crippen MR) is 78.0 cm³/mol. The lowest BCUT2D eigenvalue weighted by Gasteiger charge is -2.06. The van der Waals surface area contributed by atoms with E-state index in [2.05, 4.69) is 5.10 Å². The van der Waals surface area contributed by atoms with Crippen LogP contribution in [0, 0.1) is 12.7 Å². The van der Waals surface area contributed by atoms with Crippen molar-refractivity contribution in [3.05, 3.63) is 40.4 Å². The molecule has 0 atom stereocenters. The van der Waals surface area contributed by atoms with Crippen LogP contribution in [-0.4, -0.2) is 9.78 Å². The summed E-state index contributed by atoms with van der Waals surface area (Å²) in [4.78, 5) is 0.562. The third-order valence-corrected chi connectivity index (χ3v) is 4.32. The molecule has 2 N–H and O–H groups in total. The van der Waals surface area contributed by atoms with E-state index >= 15 is 0 Å². The molecule has 1 aromatic heterocycles. The van der Waals surface area contributed by atoms with Crippen LogP contribution >= 0.6 is 23.4 Å². The summed E-state index contributed by atoms with van der Waals surface area (Å²) < 4.78 is 15.5. The van der Waals surface area contributed by atoms with Crippen molar-refractivity contribution < 1.29 is 4.39 Å². The zero-order valence-electron chi connectivity index (χ0n) is 10.8. The molecular formula is C13H15ClFN3S. The minimum absolute atomic E-state index is 0.305. The van der Waals surface area contributed by atoms with Crippen LogP contribution in [0.5, 0.6) is 0 Å². The van der Waals surface area contributed by atoms with Gasteiger partial charge in [0.15, 0.2) is 0 Å². The van der Waals surface area contributed by atoms with Gasteiger partial charge in [-0.25, -0.2) is 4.39 Å². The second-order valence-electron chi connectivity index (χ2n) is 4.14. The largest absolute Gasteiger partial charge is 0.399 e. The second kappa shape index (κ2) is 5.84. The van der Waals surface area contributed by atoms with Gasteiger partial charge in [-0.15, -0.1) is 11.8 Å². The summed E-state index contributed by atoms with van der Waals surface area (Å²) in [6.07, 6.45) is 0. The van der Waals surface area contributed by atoms with E-state index in [4.69, 9.17) is 17.3 Å².